The van der Waals surface area contributed by atoms with E-state index in [1.165, 1.54) is 11.1 Å². The minimum absolute atomic E-state index is 0.522. The molecule has 0 heterocycles. The first-order valence-electron chi connectivity index (χ1n) is 6.63. The van der Waals surface area contributed by atoms with Gasteiger partial charge >= 0.3 is 0 Å². The molecule has 1 aromatic rings. The van der Waals surface area contributed by atoms with Gasteiger partial charge in [0.1, 0.15) is 0 Å². The number of hydrogen-bond acceptors (Lipinski definition) is 2. The van der Waals surface area contributed by atoms with Gasteiger partial charge in [-0.3, -0.25) is 0 Å². The van der Waals surface area contributed by atoms with Crippen LogP contribution in [-0.4, -0.2) is 25.8 Å². The van der Waals surface area contributed by atoms with Gasteiger partial charge in [-0.05, 0) is 38.8 Å². The molecule has 17 heavy (non-hydrogen) atoms. The molecule has 0 aromatic heterocycles. The first kappa shape index (κ1) is 14.2. The maximum absolute atomic E-state index is 5.43. The highest BCUT2D eigenvalue weighted by Gasteiger charge is 2.07. The van der Waals surface area contributed by atoms with Crippen LogP contribution >= 0.6 is 0 Å². The number of benzene rings is 1. The van der Waals surface area contributed by atoms with Gasteiger partial charge in [0.2, 0.25) is 0 Å². The zero-order valence-corrected chi connectivity index (χ0v) is 11.3. The van der Waals surface area contributed by atoms with Crippen LogP contribution in [0, 0.1) is 6.92 Å². The van der Waals surface area contributed by atoms with Crippen molar-refractivity contribution >= 4 is 0 Å². The number of aryl methyl sites for hydroxylation is 1. The second kappa shape index (κ2) is 8.26. The van der Waals surface area contributed by atoms with E-state index < -0.39 is 0 Å². The zero-order chi connectivity index (χ0) is 12.5. The molecule has 0 radical (unpaired) electrons. The number of rotatable bonds is 8. The fraction of sp³-hybridized carbons (Fsp3) is 0.600. The van der Waals surface area contributed by atoms with Crippen molar-refractivity contribution in [2.75, 3.05) is 19.8 Å². The third kappa shape index (κ3) is 5.85. The van der Waals surface area contributed by atoms with Crippen LogP contribution < -0.4 is 5.32 Å². The van der Waals surface area contributed by atoms with Gasteiger partial charge < -0.3 is 10.1 Å². The van der Waals surface area contributed by atoms with Crippen LogP contribution in [0.3, 0.4) is 0 Å². The summed E-state index contributed by atoms with van der Waals surface area (Å²) in [6, 6.07) is 9.33. The van der Waals surface area contributed by atoms with Crippen LogP contribution in [0.15, 0.2) is 24.3 Å². The van der Waals surface area contributed by atoms with Crippen molar-refractivity contribution < 1.29 is 4.74 Å². The van der Waals surface area contributed by atoms with E-state index in [1.807, 2.05) is 6.92 Å². The molecule has 0 aliphatic heterocycles. The number of hydrogen-bond donors (Lipinski definition) is 1. The molecule has 2 nitrogen and oxygen atoms in total. The van der Waals surface area contributed by atoms with E-state index >= 15 is 0 Å². The van der Waals surface area contributed by atoms with Gasteiger partial charge in [-0.15, -0.1) is 0 Å². The van der Waals surface area contributed by atoms with Crippen molar-refractivity contribution in [3.8, 4) is 0 Å². The number of likely N-dealkylation sites (N-methyl/N-ethyl adjacent to an activating group) is 1. The standard InChI is InChI=1S/C15H25NO/c1-4-16-15(10-11-17-5-2)12-14-8-6-13(3)7-9-14/h6-9,15-16H,4-5,10-12H2,1-3H3. The Hall–Kier alpha value is -0.860. The second-order valence-electron chi connectivity index (χ2n) is 4.43. The maximum atomic E-state index is 5.43. The van der Waals surface area contributed by atoms with E-state index in [1.54, 1.807) is 0 Å². The van der Waals surface area contributed by atoms with Gasteiger partial charge in [-0.2, -0.15) is 0 Å². The van der Waals surface area contributed by atoms with Crippen LogP contribution in [0.1, 0.15) is 31.4 Å². The molecule has 0 aliphatic carbocycles. The highest BCUT2D eigenvalue weighted by atomic mass is 16.5. The van der Waals surface area contributed by atoms with Crippen molar-refractivity contribution in [1.29, 1.82) is 0 Å². The monoisotopic (exact) mass is 235 g/mol. The van der Waals surface area contributed by atoms with E-state index in [-0.39, 0.29) is 0 Å². The predicted molar refractivity (Wildman–Crippen MR) is 73.5 cm³/mol. The highest BCUT2D eigenvalue weighted by molar-refractivity contribution is 5.22. The lowest BCUT2D eigenvalue weighted by atomic mass is 10.0. The Bertz CT molecular complexity index is 294. The molecular formula is C15H25NO. The van der Waals surface area contributed by atoms with Gasteiger partial charge in [-0.1, -0.05) is 36.8 Å². The second-order valence-corrected chi connectivity index (χ2v) is 4.43. The minimum Gasteiger partial charge on any atom is -0.382 e. The summed E-state index contributed by atoms with van der Waals surface area (Å²) in [6.45, 7) is 9.00. The Balaban J connectivity index is 2.44. The molecule has 0 spiro atoms. The van der Waals surface area contributed by atoms with Crippen molar-refractivity contribution in [2.24, 2.45) is 0 Å². The molecule has 0 fully saturated rings. The number of ether oxygens (including phenoxy) is 1. The fourth-order valence-corrected chi connectivity index (χ4v) is 1.94. The normalized spacial score (nSPS) is 12.6. The Morgan fingerprint density at radius 3 is 2.47 bits per heavy atom. The third-order valence-electron chi connectivity index (χ3n) is 2.91. The summed E-state index contributed by atoms with van der Waals surface area (Å²) in [6.07, 6.45) is 2.16. The zero-order valence-electron chi connectivity index (χ0n) is 11.3. The summed E-state index contributed by atoms with van der Waals surface area (Å²) >= 11 is 0. The van der Waals surface area contributed by atoms with E-state index in [4.69, 9.17) is 4.74 Å². The Labute approximate surface area is 105 Å². The molecule has 1 unspecified atom stereocenters. The Morgan fingerprint density at radius 2 is 1.88 bits per heavy atom. The summed E-state index contributed by atoms with van der Waals surface area (Å²) in [5.41, 5.74) is 2.72. The molecule has 1 rings (SSSR count). The van der Waals surface area contributed by atoms with E-state index in [9.17, 15) is 0 Å². The number of nitrogens with one attached hydrogen (secondary N) is 1. The third-order valence-corrected chi connectivity index (χ3v) is 2.91. The average Bonchev–Trinajstić information content (AvgIpc) is 2.32. The van der Waals surface area contributed by atoms with Gasteiger partial charge in [-0.25, -0.2) is 0 Å². The molecule has 0 bridgehead atoms. The summed E-state index contributed by atoms with van der Waals surface area (Å²) in [5, 5.41) is 3.52. The van der Waals surface area contributed by atoms with Crippen LogP contribution in [0.5, 0.6) is 0 Å². The average molecular weight is 235 g/mol. The maximum Gasteiger partial charge on any atom is 0.0480 e. The van der Waals surface area contributed by atoms with Crippen LogP contribution in [-0.2, 0) is 11.2 Å². The quantitative estimate of drug-likeness (QED) is 0.700. The van der Waals surface area contributed by atoms with Crippen molar-refractivity contribution in [2.45, 2.75) is 39.7 Å². The molecule has 1 N–H and O–H groups in total. The summed E-state index contributed by atoms with van der Waals surface area (Å²) in [4.78, 5) is 0. The SMILES string of the molecule is CCNC(CCOCC)Cc1ccc(C)cc1. The van der Waals surface area contributed by atoms with Crippen molar-refractivity contribution in [3.63, 3.8) is 0 Å². The van der Waals surface area contributed by atoms with Crippen LogP contribution in [0.2, 0.25) is 0 Å². The van der Waals surface area contributed by atoms with Crippen LogP contribution in [0.25, 0.3) is 0 Å². The van der Waals surface area contributed by atoms with E-state index in [0.29, 0.717) is 6.04 Å². The van der Waals surface area contributed by atoms with E-state index in [0.717, 1.165) is 32.6 Å². The first-order valence-corrected chi connectivity index (χ1v) is 6.63. The Kier molecular flexibility index (Phi) is 6.90. The first-order chi connectivity index (χ1) is 8.26. The lowest BCUT2D eigenvalue weighted by Crippen LogP contribution is -2.32. The minimum atomic E-state index is 0.522. The summed E-state index contributed by atoms with van der Waals surface area (Å²) in [5.74, 6) is 0. The lowest BCUT2D eigenvalue weighted by Gasteiger charge is -2.18. The lowest BCUT2D eigenvalue weighted by molar-refractivity contribution is 0.136. The molecule has 96 valence electrons. The van der Waals surface area contributed by atoms with Crippen LogP contribution in [0.4, 0.5) is 0 Å². The summed E-state index contributed by atoms with van der Waals surface area (Å²) in [7, 11) is 0. The molecule has 0 aliphatic rings. The molecule has 1 aromatic carbocycles. The van der Waals surface area contributed by atoms with Gasteiger partial charge in [0.15, 0.2) is 0 Å². The topological polar surface area (TPSA) is 21.3 Å². The van der Waals surface area contributed by atoms with Gasteiger partial charge in [0.05, 0.1) is 0 Å². The largest absolute Gasteiger partial charge is 0.382 e. The highest BCUT2D eigenvalue weighted by Crippen LogP contribution is 2.08. The molecule has 0 saturated carbocycles. The van der Waals surface area contributed by atoms with Crippen molar-refractivity contribution in [3.05, 3.63) is 35.4 Å². The predicted octanol–water partition coefficient (Wildman–Crippen LogP) is 2.94. The van der Waals surface area contributed by atoms with Gasteiger partial charge in [0, 0.05) is 19.3 Å². The molecule has 2 heteroatoms. The van der Waals surface area contributed by atoms with Crippen molar-refractivity contribution in [1.82, 2.24) is 5.32 Å². The smallest absolute Gasteiger partial charge is 0.0480 e. The Morgan fingerprint density at radius 1 is 1.18 bits per heavy atom. The molecule has 0 saturated heterocycles. The fourth-order valence-electron chi connectivity index (χ4n) is 1.94. The van der Waals surface area contributed by atoms with Gasteiger partial charge in [0.25, 0.3) is 0 Å². The molecule has 0 amide bonds. The van der Waals surface area contributed by atoms with E-state index in [2.05, 4.69) is 43.4 Å². The molecular weight excluding hydrogens is 210 g/mol. The summed E-state index contributed by atoms with van der Waals surface area (Å²) < 4.78 is 5.43. The molecule has 1 atom stereocenters.